The normalized spacial score (nSPS) is 15.6. The molecule has 94 valence electrons. The first kappa shape index (κ1) is 12.0. The Morgan fingerprint density at radius 2 is 1.79 bits per heavy atom. The van der Waals surface area contributed by atoms with E-state index in [1.807, 2.05) is 48.5 Å². The van der Waals surface area contributed by atoms with Crippen LogP contribution >= 0.6 is 15.9 Å². The molecular formula is C15H10BrNO2. The fourth-order valence-corrected chi connectivity index (χ4v) is 2.08. The number of benzene rings is 2. The molecule has 4 heteroatoms. The molecule has 0 spiro atoms. The standard InChI is InChI=1S/C15H10BrNO2/c16-11-7-5-10(6-8-11)9-14-15(18)17-12-3-1-2-4-13(12)19-14/h1-9H,(H,17,18). The first-order chi connectivity index (χ1) is 9.22. The molecule has 19 heavy (non-hydrogen) atoms. The van der Waals surface area contributed by atoms with Crippen molar-refractivity contribution in [2.24, 2.45) is 0 Å². The summed E-state index contributed by atoms with van der Waals surface area (Å²) in [5.41, 5.74) is 1.60. The fraction of sp³-hybridized carbons (Fsp3) is 0. The Hall–Kier alpha value is -2.07. The molecule has 1 aliphatic rings. The van der Waals surface area contributed by atoms with Crippen molar-refractivity contribution in [3.8, 4) is 5.75 Å². The summed E-state index contributed by atoms with van der Waals surface area (Å²) in [6, 6.07) is 15.0. The second kappa shape index (κ2) is 4.90. The van der Waals surface area contributed by atoms with Crippen LogP contribution < -0.4 is 10.1 Å². The van der Waals surface area contributed by atoms with Crippen molar-refractivity contribution in [1.29, 1.82) is 0 Å². The number of carbonyl (C=O) groups excluding carboxylic acids is 1. The minimum atomic E-state index is -0.235. The van der Waals surface area contributed by atoms with E-state index >= 15 is 0 Å². The van der Waals surface area contributed by atoms with Crippen LogP contribution in [0.2, 0.25) is 0 Å². The molecule has 0 unspecified atom stereocenters. The van der Waals surface area contributed by atoms with Gasteiger partial charge in [0.15, 0.2) is 11.5 Å². The molecule has 2 aromatic rings. The largest absolute Gasteiger partial charge is 0.449 e. The van der Waals surface area contributed by atoms with E-state index in [-0.39, 0.29) is 5.91 Å². The summed E-state index contributed by atoms with van der Waals surface area (Å²) in [6.07, 6.45) is 1.72. The Morgan fingerprint density at radius 1 is 1.05 bits per heavy atom. The monoisotopic (exact) mass is 315 g/mol. The Bertz CT molecular complexity index is 662. The molecule has 0 bridgehead atoms. The predicted molar refractivity (Wildman–Crippen MR) is 77.8 cm³/mol. The molecule has 0 aliphatic carbocycles. The van der Waals surface area contributed by atoms with E-state index in [1.165, 1.54) is 0 Å². The zero-order valence-electron chi connectivity index (χ0n) is 9.89. The number of anilines is 1. The molecule has 1 N–H and O–H groups in total. The maximum Gasteiger partial charge on any atom is 0.291 e. The fourth-order valence-electron chi connectivity index (χ4n) is 1.81. The van der Waals surface area contributed by atoms with Gasteiger partial charge in [0.1, 0.15) is 0 Å². The van der Waals surface area contributed by atoms with Gasteiger partial charge in [-0.25, -0.2) is 0 Å². The number of para-hydroxylation sites is 2. The second-order valence-corrected chi connectivity index (χ2v) is 5.03. The number of hydrogen-bond acceptors (Lipinski definition) is 2. The van der Waals surface area contributed by atoms with E-state index in [0.29, 0.717) is 17.2 Å². The number of nitrogens with one attached hydrogen (secondary N) is 1. The van der Waals surface area contributed by atoms with Crippen LogP contribution in [0.1, 0.15) is 5.56 Å². The molecule has 0 atom stereocenters. The summed E-state index contributed by atoms with van der Waals surface area (Å²) in [6.45, 7) is 0. The highest BCUT2D eigenvalue weighted by atomic mass is 79.9. The smallest absolute Gasteiger partial charge is 0.291 e. The zero-order valence-corrected chi connectivity index (χ0v) is 11.5. The Kier molecular flexibility index (Phi) is 3.09. The highest BCUT2D eigenvalue weighted by Gasteiger charge is 2.21. The van der Waals surface area contributed by atoms with Crippen LogP contribution in [0.4, 0.5) is 5.69 Å². The van der Waals surface area contributed by atoms with Crippen molar-refractivity contribution >= 4 is 33.6 Å². The summed E-state index contributed by atoms with van der Waals surface area (Å²) >= 11 is 3.37. The molecule has 3 nitrogen and oxygen atoms in total. The van der Waals surface area contributed by atoms with Gasteiger partial charge in [-0.05, 0) is 35.9 Å². The average Bonchev–Trinajstić information content (AvgIpc) is 2.42. The number of carbonyl (C=O) groups is 1. The van der Waals surface area contributed by atoms with Crippen LogP contribution in [0.3, 0.4) is 0 Å². The van der Waals surface area contributed by atoms with Gasteiger partial charge in [0.2, 0.25) is 0 Å². The third kappa shape index (κ3) is 2.53. The van der Waals surface area contributed by atoms with Gasteiger partial charge in [0, 0.05) is 4.47 Å². The summed E-state index contributed by atoms with van der Waals surface area (Å²) in [5, 5.41) is 2.80. The molecular weight excluding hydrogens is 306 g/mol. The van der Waals surface area contributed by atoms with E-state index in [0.717, 1.165) is 10.0 Å². The molecule has 0 aromatic heterocycles. The van der Waals surface area contributed by atoms with Crippen LogP contribution in [0.5, 0.6) is 5.75 Å². The first-order valence-corrected chi connectivity index (χ1v) is 6.57. The number of halogens is 1. The first-order valence-electron chi connectivity index (χ1n) is 5.78. The van der Waals surface area contributed by atoms with E-state index < -0.39 is 0 Å². The van der Waals surface area contributed by atoms with Crippen LogP contribution in [0.15, 0.2) is 58.8 Å². The molecule has 1 amide bonds. The van der Waals surface area contributed by atoms with Gasteiger partial charge in [-0.15, -0.1) is 0 Å². The third-order valence-corrected chi connectivity index (χ3v) is 3.28. The minimum absolute atomic E-state index is 0.235. The maximum atomic E-state index is 11.9. The van der Waals surface area contributed by atoms with Crippen LogP contribution in [-0.2, 0) is 4.79 Å². The molecule has 0 saturated heterocycles. The highest BCUT2D eigenvalue weighted by molar-refractivity contribution is 9.10. The van der Waals surface area contributed by atoms with Gasteiger partial charge in [-0.3, -0.25) is 4.79 Å². The lowest BCUT2D eigenvalue weighted by molar-refractivity contribution is -0.115. The quantitative estimate of drug-likeness (QED) is 0.812. The molecule has 2 aromatic carbocycles. The SMILES string of the molecule is O=C1Nc2ccccc2OC1=Cc1ccc(Br)cc1. The number of ether oxygens (including phenoxy) is 1. The van der Waals surface area contributed by atoms with Crippen molar-refractivity contribution < 1.29 is 9.53 Å². The summed E-state index contributed by atoms with van der Waals surface area (Å²) in [4.78, 5) is 11.9. The van der Waals surface area contributed by atoms with Gasteiger partial charge in [-0.2, -0.15) is 0 Å². The van der Waals surface area contributed by atoms with Crippen molar-refractivity contribution in [1.82, 2.24) is 0 Å². The maximum absolute atomic E-state index is 11.9. The number of fused-ring (bicyclic) bond motifs is 1. The molecule has 0 fully saturated rings. The van der Waals surface area contributed by atoms with E-state index in [1.54, 1.807) is 6.08 Å². The Labute approximate surface area is 119 Å². The minimum Gasteiger partial charge on any atom is -0.449 e. The van der Waals surface area contributed by atoms with Crippen LogP contribution in [0, 0.1) is 0 Å². The van der Waals surface area contributed by atoms with Gasteiger partial charge < -0.3 is 10.1 Å². The van der Waals surface area contributed by atoms with E-state index in [2.05, 4.69) is 21.2 Å². The predicted octanol–water partition coefficient (Wildman–Crippen LogP) is 3.82. The summed E-state index contributed by atoms with van der Waals surface area (Å²) in [5.74, 6) is 0.716. The lowest BCUT2D eigenvalue weighted by atomic mass is 10.2. The number of hydrogen-bond donors (Lipinski definition) is 1. The molecule has 3 rings (SSSR count). The zero-order chi connectivity index (χ0) is 13.2. The number of rotatable bonds is 1. The van der Waals surface area contributed by atoms with Gasteiger partial charge in [-0.1, -0.05) is 40.2 Å². The lowest BCUT2D eigenvalue weighted by Crippen LogP contribution is -2.23. The van der Waals surface area contributed by atoms with Crippen molar-refractivity contribution in [2.45, 2.75) is 0 Å². The Balaban J connectivity index is 1.94. The van der Waals surface area contributed by atoms with Gasteiger partial charge in [0.25, 0.3) is 5.91 Å². The van der Waals surface area contributed by atoms with Gasteiger partial charge >= 0.3 is 0 Å². The second-order valence-electron chi connectivity index (χ2n) is 4.11. The van der Waals surface area contributed by atoms with Gasteiger partial charge in [0.05, 0.1) is 5.69 Å². The van der Waals surface area contributed by atoms with Crippen molar-refractivity contribution in [3.05, 3.63) is 64.3 Å². The lowest BCUT2D eigenvalue weighted by Gasteiger charge is -2.19. The Morgan fingerprint density at radius 3 is 2.58 bits per heavy atom. The van der Waals surface area contributed by atoms with Crippen molar-refractivity contribution in [3.63, 3.8) is 0 Å². The third-order valence-electron chi connectivity index (χ3n) is 2.75. The summed E-state index contributed by atoms with van der Waals surface area (Å²) in [7, 11) is 0. The van der Waals surface area contributed by atoms with Crippen LogP contribution in [-0.4, -0.2) is 5.91 Å². The van der Waals surface area contributed by atoms with Crippen LogP contribution in [0.25, 0.3) is 6.08 Å². The number of amides is 1. The highest BCUT2D eigenvalue weighted by Crippen LogP contribution is 2.30. The molecule has 1 heterocycles. The molecule has 0 saturated carbocycles. The van der Waals surface area contributed by atoms with E-state index in [4.69, 9.17) is 4.74 Å². The van der Waals surface area contributed by atoms with E-state index in [9.17, 15) is 4.79 Å². The molecule has 1 aliphatic heterocycles. The molecule has 0 radical (unpaired) electrons. The summed E-state index contributed by atoms with van der Waals surface area (Å²) < 4.78 is 6.61. The van der Waals surface area contributed by atoms with Crippen molar-refractivity contribution in [2.75, 3.05) is 5.32 Å². The topological polar surface area (TPSA) is 38.3 Å². The average molecular weight is 316 g/mol.